The fourth-order valence-electron chi connectivity index (χ4n) is 1.97. The highest BCUT2D eigenvalue weighted by Crippen LogP contribution is 2.34. The molecule has 2 heterocycles. The number of aromatic amines is 1. The summed E-state index contributed by atoms with van der Waals surface area (Å²) in [4.78, 5) is 0.376. The third-order valence-corrected chi connectivity index (χ3v) is 4.83. The Morgan fingerprint density at radius 3 is 2.83 bits per heavy atom. The first kappa shape index (κ1) is 11.4. The lowest BCUT2D eigenvalue weighted by molar-refractivity contribution is 0.602. The lowest BCUT2D eigenvalue weighted by Crippen LogP contribution is -1.96. The molecule has 6 heteroatoms. The van der Waals surface area contributed by atoms with Gasteiger partial charge in [-0.05, 0) is 17.0 Å². The number of benzene rings is 1. The third kappa shape index (κ3) is 1.74. The van der Waals surface area contributed by atoms with E-state index in [1.54, 1.807) is 11.6 Å². The first-order chi connectivity index (χ1) is 8.57. The third-order valence-electron chi connectivity index (χ3n) is 2.80. The Hall–Kier alpha value is -1.66. The summed E-state index contributed by atoms with van der Waals surface area (Å²) in [6.45, 7) is 0. The summed E-state index contributed by atoms with van der Waals surface area (Å²) in [5.74, 6) is 0. The normalized spacial score (nSPS) is 12.1. The zero-order valence-corrected chi connectivity index (χ0v) is 11.2. The molecule has 3 rings (SSSR count). The van der Waals surface area contributed by atoms with E-state index in [0.29, 0.717) is 4.90 Å². The number of H-pyrrole nitrogens is 1. The highest BCUT2D eigenvalue weighted by Gasteiger charge is 2.17. The maximum Gasteiger partial charge on any atom is 0.176 e. The first-order valence-electron chi connectivity index (χ1n) is 5.26. The van der Waals surface area contributed by atoms with E-state index < -0.39 is 9.84 Å². The molecule has 0 radical (unpaired) electrons. The molecule has 0 saturated heterocycles. The number of sulfone groups is 1. The molecule has 2 aromatic heterocycles. The lowest BCUT2D eigenvalue weighted by Gasteiger charge is -2.03. The van der Waals surface area contributed by atoms with Gasteiger partial charge in [0.1, 0.15) is 0 Å². The second-order valence-electron chi connectivity index (χ2n) is 4.06. The molecule has 92 valence electrons. The van der Waals surface area contributed by atoms with E-state index >= 15 is 0 Å². The molecule has 0 amide bonds. The van der Waals surface area contributed by atoms with Gasteiger partial charge in [0.05, 0.1) is 16.6 Å². The van der Waals surface area contributed by atoms with Gasteiger partial charge in [0.2, 0.25) is 0 Å². The summed E-state index contributed by atoms with van der Waals surface area (Å²) in [5.41, 5.74) is 2.54. The van der Waals surface area contributed by atoms with Crippen LogP contribution in [0.15, 0.2) is 40.1 Å². The van der Waals surface area contributed by atoms with E-state index in [9.17, 15) is 8.42 Å². The van der Waals surface area contributed by atoms with Gasteiger partial charge in [0, 0.05) is 22.6 Å². The summed E-state index contributed by atoms with van der Waals surface area (Å²) in [6.07, 6.45) is 2.95. The molecule has 0 atom stereocenters. The molecule has 0 aliphatic carbocycles. The van der Waals surface area contributed by atoms with Gasteiger partial charge in [0.25, 0.3) is 0 Å². The second-order valence-corrected chi connectivity index (χ2v) is 6.79. The van der Waals surface area contributed by atoms with Crippen LogP contribution in [0, 0.1) is 0 Å². The summed E-state index contributed by atoms with van der Waals surface area (Å²) in [6, 6.07) is 5.71. The quantitative estimate of drug-likeness (QED) is 0.784. The number of hydrogen-bond acceptors (Lipinski definition) is 4. The number of thiophene rings is 1. The van der Waals surface area contributed by atoms with Crippen molar-refractivity contribution in [3.63, 3.8) is 0 Å². The van der Waals surface area contributed by atoms with Gasteiger partial charge in [-0.3, -0.25) is 5.10 Å². The van der Waals surface area contributed by atoms with Crippen molar-refractivity contribution in [3.05, 3.63) is 35.2 Å². The average molecular weight is 278 g/mol. The smallest absolute Gasteiger partial charge is 0.176 e. The zero-order chi connectivity index (χ0) is 12.8. The van der Waals surface area contributed by atoms with Crippen LogP contribution in [0.25, 0.3) is 22.0 Å². The molecule has 0 spiro atoms. The summed E-state index contributed by atoms with van der Waals surface area (Å²) in [7, 11) is -3.21. The zero-order valence-electron chi connectivity index (χ0n) is 9.54. The van der Waals surface area contributed by atoms with Gasteiger partial charge in [-0.25, -0.2) is 8.42 Å². The van der Waals surface area contributed by atoms with Crippen molar-refractivity contribution in [2.24, 2.45) is 0 Å². The maximum atomic E-state index is 11.7. The minimum absolute atomic E-state index is 0.376. The van der Waals surface area contributed by atoms with Crippen LogP contribution < -0.4 is 0 Å². The number of nitrogens with zero attached hydrogens (tertiary/aromatic N) is 1. The highest BCUT2D eigenvalue weighted by atomic mass is 32.2. The number of aromatic nitrogens is 2. The van der Waals surface area contributed by atoms with Crippen LogP contribution in [0.2, 0.25) is 0 Å². The van der Waals surface area contributed by atoms with Gasteiger partial charge >= 0.3 is 0 Å². The maximum absolute atomic E-state index is 11.7. The fourth-order valence-corrected chi connectivity index (χ4v) is 4.19. The summed E-state index contributed by atoms with van der Waals surface area (Å²) in [5, 5.41) is 11.3. The Balaban J connectivity index is 2.34. The lowest BCUT2D eigenvalue weighted by atomic mass is 10.1. The van der Waals surface area contributed by atoms with Crippen LogP contribution in [0.1, 0.15) is 0 Å². The average Bonchev–Trinajstić information content (AvgIpc) is 2.96. The molecule has 0 saturated carbocycles. The molecular formula is C12H10N2O2S2. The van der Waals surface area contributed by atoms with Gasteiger partial charge in [-0.15, -0.1) is 0 Å². The van der Waals surface area contributed by atoms with Gasteiger partial charge < -0.3 is 0 Å². The molecule has 0 fully saturated rings. The fraction of sp³-hybridized carbons (Fsp3) is 0.0833. The molecule has 18 heavy (non-hydrogen) atoms. The van der Waals surface area contributed by atoms with Crippen LogP contribution in [0.4, 0.5) is 0 Å². The summed E-state index contributed by atoms with van der Waals surface area (Å²) < 4.78 is 23.5. The predicted molar refractivity (Wildman–Crippen MR) is 72.5 cm³/mol. The van der Waals surface area contributed by atoms with E-state index in [2.05, 4.69) is 10.2 Å². The second kappa shape index (κ2) is 3.93. The first-order valence-corrected chi connectivity index (χ1v) is 8.09. The van der Waals surface area contributed by atoms with Crippen molar-refractivity contribution >= 4 is 32.1 Å². The Labute approximate surface area is 108 Å². The molecule has 4 nitrogen and oxygen atoms in total. The molecule has 0 unspecified atom stereocenters. The molecule has 0 bridgehead atoms. The van der Waals surface area contributed by atoms with Crippen LogP contribution >= 0.6 is 11.3 Å². The molecule has 0 aliphatic heterocycles. The Morgan fingerprint density at radius 2 is 2.06 bits per heavy atom. The molecular weight excluding hydrogens is 268 g/mol. The highest BCUT2D eigenvalue weighted by molar-refractivity contribution is 7.91. The predicted octanol–water partition coefficient (Wildman–Crippen LogP) is 2.69. The Kier molecular flexibility index (Phi) is 2.49. The van der Waals surface area contributed by atoms with Crippen LogP contribution in [0.3, 0.4) is 0 Å². The number of rotatable bonds is 2. The van der Waals surface area contributed by atoms with Crippen molar-refractivity contribution < 1.29 is 8.42 Å². The van der Waals surface area contributed by atoms with E-state index in [4.69, 9.17) is 0 Å². The van der Waals surface area contributed by atoms with E-state index in [1.165, 1.54) is 17.6 Å². The Morgan fingerprint density at radius 1 is 1.22 bits per heavy atom. The molecule has 1 N–H and O–H groups in total. The van der Waals surface area contributed by atoms with Crippen molar-refractivity contribution in [1.82, 2.24) is 10.2 Å². The molecule has 0 aliphatic rings. The summed E-state index contributed by atoms with van der Waals surface area (Å²) >= 11 is 1.39. The van der Waals surface area contributed by atoms with Crippen LogP contribution in [-0.2, 0) is 9.84 Å². The van der Waals surface area contributed by atoms with Gasteiger partial charge in [-0.2, -0.15) is 16.4 Å². The largest absolute Gasteiger partial charge is 0.278 e. The van der Waals surface area contributed by atoms with E-state index in [-0.39, 0.29) is 0 Å². The standard InChI is InChI=1S/C12H10N2O2S2/c1-18(15,16)12-7-17-6-10(12)8-3-2-4-11-9(8)5-13-14-11/h2-7H,1H3,(H,13,14). The van der Waals surface area contributed by atoms with Gasteiger partial charge in [-0.1, -0.05) is 12.1 Å². The van der Waals surface area contributed by atoms with Crippen molar-refractivity contribution in [3.8, 4) is 11.1 Å². The van der Waals surface area contributed by atoms with Crippen molar-refractivity contribution in [2.45, 2.75) is 4.90 Å². The van der Waals surface area contributed by atoms with Crippen molar-refractivity contribution in [2.75, 3.05) is 6.26 Å². The van der Waals surface area contributed by atoms with Crippen LogP contribution in [0.5, 0.6) is 0 Å². The topological polar surface area (TPSA) is 62.8 Å². The Bertz CT molecular complexity index is 815. The van der Waals surface area contributed by atoms with Crippen LogP contribution in [-0.4, -0.2) is 24.9 Å². The van der Waals surface area contributed by atoms with E-state index in [0.717, 1.165) is 22.0 Å². The number of hydrogen-bond donors (Lipinski definition) is 1. The van der Waals surface area contributed by atoms with Gasteiger partial charge in [0.15, 0.2) is 9.84 Å². The molecule has 3 aromatic rings. The monoisotopic (exact) mass is 278 g/mol. The van der Waals surface area contributed by atoms with E-state index in [1.807, 2.05) is 23.6 Å². The van der Waals surface area contributed by atoms with Crippen molar-refractivity contribution in [1.29, 1.82) is 0 Å². The number of nitrogens with one attached hydrogen (secondary N) is 1. The SMILES string of the molecule is CS(=O)(=O)c1cscc1-c1cccc2[nH]ncc12. The molecule has 1 aromatic carbocycles. The minimum atomic E-state index is -3.21. The minimum Gasteiger partial charge on any atom is -0.278 e. The number of fused-ring (bicyclic) bond motifs is 1.